The zero-order valence-electron chi connectivity index (χ0n) is 11.1. The van der Waals surface area contributed by atoms with Crippen LogP contribution in [0.15, 0.2) is 0 Å². The number of amides is 1. The van der Waals surface area contributed by atoms with Gasteiger partial charge < -0.3 is 10.1 Å². The largest absolute Gasteiger partial charge is 0.466 e. The molecule has 0 aliphatic carbocycles. The van der Waals surface area contributed by atoms with Crippen molar-refractivity contribution in [2.24, 2.45) is 11.3 Å². The fourth-order valence-electron chi connectivity index (χ4n) is 1.03. The average molecular weight is 229 g/mol. The Hall–Kier alpha value is -1.06. The molecule has 0 rings (SSSR count). The highest BCUT2D eigenvalue weighted by atomic mass is 16.5. The van der Waals surface area contributed by atoms with Crippen molar-refractivity contribution in [2.75, 3.05) is 6.61 Å². The monoisotopic (exact) mass is 229 g/mol. The van der Waals surface area contributed by atoms with Crippen molar-refractivity contribution < 1.29 is 14.3 Å². The van der Waals surface area contributed by atoms with Crippen molar-refractivity contribution in [3.8, 4) is 0 Å². The van der Waals surface area contributed by atoms with Gasteiger partial charge in [0.15, 0.2) is 0 Å². The third-order valence-corrected chi connectivity index (χ3v) is 2.45. The molecule has 0 aromatic heterocycles. The normalized spacial score (nSPS) is 15.1. The van der Waals surface area contributed by atoms with Gasteiger partial charge in [-0.2, -0.15) is 0 Å². The van der Waals surface area contributed by atoms with Crippen molar-refractivity contribution in [3.05, 3.63) is 0 Å². The van der Waals surface area contributed by atoms with Crippen LogP contribution in [0.25, 0.3) is 0 Å². The molecule has 0 heterocycles. The Morgan fingerprint density at radius 1 is 1.25 bits per heavy atom. The maximum Gasteiger partial charge on any atom is 0.310 e. The van der Waals surface area contributed by atoms with Gasteiger partial charge in [-0.25, -0.2) is 0 Å². The molecule has 0 saturated heterocycles. The first kappa shape index (κ1) is 14.9. The summed E-state index contributed by atoms with van der Waals surface area (Å²) in [6, 6.07) is -0.217. The second-order valence-corrected chi connectivity index (χ2v) is 5.05. The van der Waals surface area contributed by atoms with Gasteiger partial charge in [0.2, 0.25) is 5.91 Å². The minimum absolute atomic E-state index is 0.0591. The molecule has 4 nitrogen and oxygen atoms in total. The maximum absolute atomic E-state index is 11.7. The summed E-state index contributed by atoms with van der Waals surface area (Å²) in [5, 5.41) is 2.82. The Bertz CT molecular complexity index is 255. The standard InChI is InChI=1S/C12H23NO3/c1-7-16-10(14)8(2)9(3)13-11(15)12(4,5)6/h8-9H,7H2,1-6H3,(H,13,15)/t8-,9-/m1/s1. The van der Waals surface area contributed by atoms with Gasteiger partial charge in [0.05, 0.1) is 12.5 Å². The highest BCUT2D eigenvalue weighted by molar-refractivity contribution is 5.82. The highest BCUT2D eigenvalue weighted by Gasteiger charge is 2.27. The van der Waals surface area contributed by atoms with E-state index in [2.05, 4.69) is 5.32 Å². The maximum atomic E-state index is 11.7. The molecule has 1 N–H and O–H groups in total. The summed E-state index contributed by atoms with van der Waals surface area (Å²) < 4.78 is 4.90. The number of hydrogen-bond donors (Lipinski definition) is 1. The molecule has 0 unspecified atom stereocenters. The molecule has 1 amide bonds. The van der Waals surface area contributed by atoms with E-state index < -0.39 is 5.41 Å². The van der Waals surface area contributed by atoms with Crippen molar-refractivity contribution in [3.63, 3.8) is 0 Å². The molecular weight excluding hydrogens is 206 g/mol. The van der Waals surface area contributed by atoms with Crippen LogP contribution >= 0.6 is 0 Å². The molecule has 0 aromatic carbocycles. The van der Waals surface area contributed by atoms with E-state index in [-0.39, 0.29) is 23.8 Å². The van der Waals surface area contributed by atoms with E-state index in [1.165, 1.54) is 0 Å². The van der Waals surface area contributed by atoms with Gasteiger partial charge in [0, 0.05) is 11.5 Å². The first-order chi connectivity index (χ1) is 7.20. The van der Waals surface area contributed by atoms with Gasteiger partial charge in [-0.05, 0) is 20.8 Å². The molecule has 0 fully saturated rings. The predicted molar refractivity (Wildman–Crippen MR) is 62.9 cm³/mol. The summed E-state index contributed by atoms with van der Waals surface area (Å²) in [6.07, 6.45) is 0. The van der Waals surface area contributed by atoms with Gasteiger partial charge in [-0.3, -0.25) is 9.59 Å². The van der Waals surface area contributed by atoms with Crippen molar-refractivity contribution in [2.45, 2.75) is 47.6 Å². The number of ether oxygens (including phenoxy) is 1. The minimum atomic E-state index is -0.442. The van der Waals surface area contributed by atoms with E-state index in [0.29, 0.717) is 6.61 Å². The molecule has 0 bridgehead atoms. The molecule has 94 valence electrons. The van der Waals surface area contributed by atoms with Gasteiger partial charge >= 0.3 is 5.97 Å². The Morgan fingerprint density at radius 2 is 1.75 bits per heavy atom. The molecule has 16 heavy (non-hydrogen) atoms. The second kappa shape index (κ2) is 5.87. The Morgan fingerprint density at radius 3 is 2.12 bits per heavy atom. The van der Waals surface area contributed by atoms with Crippen LogP contribution in [-0.2, 0) is 14.3 Å². The second-order valence-electron chi connectivity index (χ2n) is 5.05. The SMILES string of the molecule is CCOC(=O)[C@H](C)[C@@H](C)NC(=O)C(C)(C)C. The zero-order valence-corrected chi connectivity index (χ0v) is 11.1. The lowest BCUT2D eigenvalue weighted by Gasteiger charge is -2.24. The summed E-state index contributed by atoms with van der Waals surface area (Å²) in [4.78, 5) is 23.1. The molecule has 0 aromatic rings. The first-order valence-electron chi connectivity index (χ1n) is 5.67. The molecule has 4 heteroatoms. The topological polar surface area (TPSA) is 55.4 Å². The van der Waals surface area contributed by atoms with Crippen LogP contribution in [0.4, 0.5) is 0 Å². The van der Waals surface area contributed by atoms with E-state index in [9.17, 15) is 9.59 Å². The Kier molecular flexibility index (Phi) is 5.48. The number of rotatable bonds is 4. The molecule has 0 spiro atoms. The molecule has 2 atom stereocenters. The van der Waals surface area contributed by atoms with Crippen LogP contribution in [0.3, 0.4) is 0 Å². The molecule has 0 aliphatic heterocycles. The van der Waals surface area contributed by atoms with Gasteiger partial charge in [0.1, 0.15) is 0 Å². The number of carbonyl (C=O) groups excluding carboxylic acids is 2. The number of carbonyl (C=O) groups is 2. The third-order valence-electron chi connectivity index (χ3n) is 2.45. The summed E-state index contributed by atoms with van der Waals surface area (Å²) in [7, 11) is 0. The summed E-state index contributed by atoms with van der Waals surface area (Å²) in [5.74, 6) is -0.661. The summed E-state index contributed by atoms with van der Waals surface area (Å²) >= 11 is 0. The molecule has 0 saturated carbocycles. The molecular formula is C12H23NO3. The number of nitrogens with one attached hydrogen (secondary N) is 1. The number of hydrogen-bond acceptors (Lipinski definition) is 3. The smallest absolute Gasteiger partial charge is 0.310 e. The van der Waals surface area contributed by atoms with Crippen LogP contribution < -0.4 is 5.32 Å². The highest BCUT2D eigenvalue weighted by Crippen LogP contribution is 2.14. The van der Waals surface area contributed by atoms with Crippen molar-refractivity contribution in [1.82, 2.24) is 5.32 Å². The van der Waals surface area contributed by atoms with E-state index in [1.807, 2.05) is 27.7 Å². The van der Waals surface area contributed by atoms with Crippen LogP contribution in [0.2, 0.25) is 0 Å². The van der Waals surface area contributed by atoms with Gasteiger partial charge in [0.25, 0.3) is 0 Å². The van der Waals surface area contributed by atoms with Crippen LogP contribution in [-0.4, -0.2) is 24.5 Å². The quantitative estimate of drug-likeness (QED) is 0.747. The van der Waals surface area contributed by atoms with Gasteiger partial charge in [-0.15, -0.1) is 0 Å². The van der Waals surface area contributed by atoms with E-state index in [0.717, 1.165) is 0 Å². The van der Waals surface area contributed by atoms with E-state index in [4.69, 9.17) is 4.74 Å². The fraction of sp³-hybridized carbons (Fsp3) is 0.833. The molecule has 0 radical (unpaired) electrons. The van der Waals surface area contributed by atoms with Gasteiger partial charge in [-0.1, -0.05) is 20.8 Å². The van der Waals surface area contributed by atoms with Crippen LogP contribution in [0, 0.1) is 11.3 Å². The minimum Gasteiger partial charge on any atom is -0.466 e. The lowest BCUT2D eigenvalue weighted by Crippen LogP contribution is -2.45. The zero-order chi connectivity index (χ0) is 12.9. The third kappa shape index (κ3) is 4.64. The summed E-state index contributed by atoms with van der Waals surface area (Å²) in [5.41, 5.74) is -0.442. The predicted octanol–water partition coefficient (Wildman–Crippen LogP) is 1.74. The lowest BCUT2D eigenvalue weighted by atomic mass is 9.94. The first-order valence-corrected chi connectivity index (χ1v) is 5.67. The molecule has 0 aliphatic rings. The number of esters is 1. The van der Waals surface area contributed by atoms with Crippen molar-refractivity contribution >= 4 is 11.9 Å². The average Bonchev–Trinajstić information content (AvgIpc) is 2.15. The Balaban J connectivity index is 4.31. The van der Waals surface area contributed by atoms with Crippen LogP contribution in [0.1, 0.15) is 41.5 Å². The van der Waals surface area contributed by atoms with Crippen molar-refractivity contribution in [1.29, 1.82) is 0 Å². The lowest BCUT2D eigenvalue weighted by molar-refractivity contribution is -0.148. The Labute approximate surface area is 97.7 Å². The summed E-state index contributed by atoms with van der Waals surface area (Å²) in [6.45, 7) is 11.2. The fourth-order valence-corrected chi connectivity index (χ4v) is 1.03. The van der Waals surface area contributed by atoms with Crippen LogP contribution in [0.5, 0.6) is 0 Å². The van der Waals surface area contributed by atoms with E-state index in [1.54, 1.807) is 13.8 Å². The van der Waals surface area contributed by atoms with E-state index >= 15 is 0 Å².